The van der Waals surface area contributed by atoms with Gasteiger partial charge in [0.05, 0.1) is 25.3 Å². The first kappa shape index (κ1) is 15.0. The Balaban J connectivity index is 2.28. The van der Waals surface area contributed by atoms with Gasteiger partial charge in [-0.1, -0.05) is 13.8 Å². The van der Waals surface area contributed by atoms with Crippen LogP contribution in [0.3, 0.4) is 0 Å². The van der Waals surface area contributed by atoms with Gasteiger partial charge in [-0.15, -0.1) is 0 Å². The van der Waals surface area contributed by atoms with Crippen molar-refractivity contribution in [2.45, 2.75) is 33.2 Å². The number of hydrogen-bond acceptors (Lipinski definition) is 4. The number of carbonyl (C=O) groups is 2. The maximum Gasteiger partial charge on any atom is 0.230 e. The van der Waals surface area contributed by atoms with Gasteiger partial charge < -0.3 is 4.74 Å². The van der Waals surface area contributed by atoms with E-state index in [0.717, 1.165) is 0 Å². The predicted octanol–water partition coefficient (Wildman–Crippen LogP) is 2.24. The molecule has 21 heavy (non-hydrogen) atoms. The van der Waals surface area contributed by atoms with E-state index in [-0.39, 0.29) is 23.8 Å². The fourth-order valence-electron chi connectivity index (χ4n) is 2.53. The zero-order valence-electron chi connectivity index (χ0n) is 12.5. The van der Waals surface area contributed by atoms with Gasteiger partial charge in [0.1, 0.15) is 5.75 Å². The van der Waals surface area contributed by atoms with Crippen LogP contribution >= 0.6 is 0 Å². The number of likely N-dealkylation sites (tertiary alicyclic amines) is 1. The lowest BCUT2D eigenvalue weighted by Crippen LogP contribution is -2.45. The molecule has 0 aromatic heterocycles. The van der Waals surface area contributed by atoms with Crippen LogP contribution in [0, 0.1) is 16.7 Å². The van der Waals surface area contributed by atoms with Gasteiger partial charge in [0.25, 0.3) is 0 Å². The highest BCUT2D eigenvalue weighted by Gasteiger charge is 2.37. The van der Waals surface area contributed by atoms with Crippen LogP contribution in [0.2, 0.25) is 0 Å². The van der Waals surface area contributed by atoms with E-state index in [0.29, 0.717) is 29.7 Å². The number of benzene rings is 1. The molecule has 0 bridgehead atoms. The lowest BCUT2D eigenvalue weighted by Gasteiger charge is -2.34. The summed E-state index contributed by atoms with van der Waals surface area (Å²) in [6, 6.07) is 7.02. The Morgan fingerprint density at radius 1 is 1.29 bits per heavy atom. The Bertz CT molecular complexity index is 609. The van der Waals surface area contributed by atoms with Gasteiger partial charge in [0.15, 0.2) is 0 Å². The van der Waals surface area contributed by atoms with Gasteiger partial charge in [0.2, 0.25) is 11.8 Å². The molecular formula is C16H18N2O3. The number of nitriles is 1. The van der Waals surface area contributed by atoms with Crippen molar-refractivity contribution in [3.05, 3.63) is 29.3 Å². The molecule has 110 valence electrons. The van der Waals surface area contributed by atoms with Crippen molar-refractivity contribution < 1.29 is 14.3 Å². The SMILES string of the molecule is COc1ccc(C#N)cc1CN1C(=O)CC(C)(C)CC1=O. The fraction of sp³-hybridized carbons (Fsp3) is 0.438. The van der Waals surface area contributed by atoms with E-state index in [1.54, 1.807) is 18.2 Å². The third kappa shape index (κ3) is 3.22. The van der Waals surface area contributed by atoms with Crippen LogP contribution in [0.1, 0.15) is 37.8 Å². The summed E-state index contributed by atoms with van der Waals surface area (Å²) in [6.07, 6.45) is 0.692. The van der Waals surface area contributed by atoms with Crippen LogP contribution in [-0.4, -0.2) is 23.8 Å². The molecule has 0 radical (unpaired) electrons. The molecule has 0 N–H and O–H groups in total. The minimum absolute atomic E-state index is 0.145. The average Bonchev–Trinajstić information content (AvgIpc) is 2.41. The van der Waals surface area contributed by atoms with Crippen LogP contribution in [-0.2, 0) is 16.1 Å². The van der Waals surface area contributed by atoms with E-state index >= 15 is 0 Å². The Labute approximate surface area is 124 Å². The summed E-state index contributed by atoms with van der Waals surface area (Å²) >= 11 is 0. The van der Waals surface area contributed by atoms with Crippen molar-refractivity contribution in [1.82, 2.24) is 4.90 Å². The summed E-state index contributed by atoms with van der Waals surface area (Å²) in [7, 11) is 1.52. The second kappa shape index (κ2) is 5.57. The molecule has 1 saturated heterocycles. The molecule has 0 saturated carbocycles. The zero-order chi connectivity index (χ0) is 15.6. The van der Waals surface area contributed by atoms with Crippen molar-refractivity contribution in [1.29, 1.82) is 5.26 Å². The Kier molecular flexibility index (Phi) is 3.99. The van der Waals surface area contributed by atoms with Crippen molar-refractivity contribution in [2.75, 3.05) is 7.11 Å². The molecule has 1 heterocycles. The number of methoxy groups -OCH3 is 1. The molecule has 1 aliphatic heterocycles. The summed E-state index contributed by atoms with van der Waals surface area (Å²) in [5.41, 5.74) is 0.851. The topological polar surface area (TPSA) is 70.4 Å². The van der Waals surface area contributed by atoms with E-state index in [9.17, 15) is 9.59 Å². The number of imide groups is 1. The lowest BCUT2D eigenvalue weighted by molar-refractivity contribution is -0.153. The van der Waals surface area contributed by atoms with Crippen molar-refractivity contribution in [3.8, 4) is 11.8 Å². The normalized spacial score (nSPS) is 17.5. The highest BCUT2D eigenvalue weighted by molar-refractivity contribution is 5.98. The Hall–Kier alpha value is -2.35. The zero-order valence-corrected chi connectivity index (χ0v) is 12.5. The van der Waals surface area contributed by atoms with Gasteiger partial charge in [0, 0.05) is 18.4 Å². The monoisotopic (exact) mass is 286 g/mol. The second-order valence-electron chi connectivity index (χ2n) is 6.03. The first-order valence-electron chi connectivity index (χ1n) is 6.76. The summed E-state index contributed by atoms with van der Waals surface area (Å²) in [6.45, 7) is 3.97. The van der Waals surface area contributed by atoms with Crippen molar-refractivity contribution >= 4 is 11.8 Å². The number of hydrogen-bond donors (Lipinski definition) is 0. The standard InChI is InChI=1S/C16H18N2O3/c1-16(2)7-14(19)18(15(20)8-16)10-12-6-11(9-17)4-5-13(12)21-3/h4-6H,7-8,10H2,1-3H3. The van der Waals surface area contributed by atoms with E-state index < -0.39 is 0 Å². The lowest BCUT2D eigenvalue weighted by atomic mass is 9.81. The van der Waals surface area contributed by atoms with Crippen LogP contribution in [0.4, 0.5) is 0 Å². The van der Waals surface area contributed by atoms with Crippen molar-refractivity contribution in [3.63, 3.8) is 0 Å². The first-order valence-corrected chi connectivity index (χ1v) is 6.76. The first-order chi connectivity index (χ1) is 9.86. The van der Waals surface area contributed by atoms with Crippen LogP contribution in [0.5, 0.6) is 5.75 Å². The minimum atomic E-state index is -0.288. The van der Waals surface area contributed by atoms with E-state index in [4.69, 9.17) is 10.00 Å². The number of carbonyl (C=O) groups excluding carboxylic acids is 2. The number of rotatable bonds is 3. The van der Waals surface area contributed by atoms with Gasteiger partial charge in [-0.3, -0.25) is 14.5 Å². The Morgan fingerprint density at radius 2 is 1.90 bits per heavy atom. The molecular weight excluding hydrogens is 268 g/mol. The summed E-state index contributed by atoms with van der Waals surface area (Å²) < 4.78 is 5.24. The van der Waals surface area contributed by atoms with Gasteiger partial charge in [-0.2, -0.15) is 5.26 Å². The molecule has 0 aliphatic carbocycles. The van der Waals surface area contributed by atoms with E-state index in [2.05, 4.69) is 0 Å². The molecule has 0 unspecified atom stereocenters. The van der Waals surface area contributed by atoms with E-state index in [1.807, 2.05) is 19.9 Å². The minimum Gasteiger partial charge on any atom is -0.496 e. The molecule has 1 aromatic carbocycles. The molecule has 1 aliphatic rings. The molecule has 1 fully saturated rings. The van der Waals surface area contributed by atoms with Gasteiger partial charge >= 0.3 is 0 Å². The third-order valence-corrected chi connectivity index (χ3v) is 3.60. The smallest absolute Gasteiger partial charge is 0.230 e. The molecule has 2 amide bonds. The molecule has 5 nitrogen and oxygen atoms in total. The molecule has 1 aromatic rings. The van der Waals surface area contributed by atoms with Gasteiger partial charge in [-0.05, 0) is 23.6 Å². The van der Waals surface area contributed by atoms with E-state index in [1.165, 1.54) is 12.0 Å². The fourth-order valence-corrected chi connectivity index (χ4v) is 2.53. The molecule has 5 heteroatoms. The van der Waals surface area contributed by atoms with Crippen LogP contribution in [0.25, 0.3) is 0 Å². The van der Waals surface area contributed by atoms with Crippen LogP contribution < -0.4 is 4.74 Å². The maximum atomic E-state index is 12.2. The largest absolute Gasteiger partial charge is 0.496 e. The summed E-state index contributed by atoms with van der Waals surface area (Å²) in [4.78, 5) is 25.6. The van der Waals surface area contributed by atoms with Crippen molar-refractivity contribution in [2.24, 2.45) is 5.41 Å². The molecule has 0 spiro atoms. The number of piperidine rings is 1. The van der Waals surface area contributed by atoms with Crippen LogP contribution in [0.15, 0.2) is 18.2 Å². The summed E-state index contributed by atoms with van der Waals surface area (Å²) in [5, 5.41) is 8.97. The number of ether oxygens (including phenoxy) is 1. The molecule has 0 atom stereocenters. The third-order valence-electron chi connectivity index (χ3n) is 3.60. The predicted molar refractivity (Wildman–Crippen MR) is 76.3 cm³/mol. The number of nitrogens with zero attached hydrogens (tertiary/aromatic N) is 2. The second-order valence-corrected chi connectivity index (χ2v) is 6.03. The quantitative estimate of drug-likeness (QED) is 0.799. The highest BCUT2D eigenvalue weighted by Crippen LogP contribution is 2.33. The maximum absolute atomic E-state index is 12.2. The van der Waals surface area contributed by atoms with Gasteiger partial charge in [-0.25, -0.2) is 0 Å². The highest BCUT2D eigenvalue weighted by atomic mass is 16.5. The summed E-state index contributed by atoms with van der Waals surface area (Å²) in [5.74, 6) is 0.209. The average molecular weight is 286 g/mol. The Morgan fingerprint density at radius 3 is 2.43 bits per heavy atom. The molecule has 2 rings (SSSR count). The number of amides is 2.